The molecule has 0 spiro atoms. The van der Waals surface area contributed by atoms with E-state index >= 15 is 0 Å². The number of carbonyl (C=O) groups is 1. The molecule has 3 N–H and O–H groups in total. The number of nitrogens with zero attached hydrogens (tertiary/aromatic N) is 2. The smallest absolute Gasteiger partial charge is 0.407 e. The number of ether oxygens (including phenoxy) is 2. The molecule has 0 unspecified atom stereocenters. The van der Waals surface area contributed by atoms with Gasteiger partial charge in [0.05, 0.1) is 6.61 Å². The molecule has 0 bridgehead atoms. The zero-order chi connectivity index (χ0) is 22.0. The SMILES string of the molecule is CN=C(NCC1CCN(CCOC)CC1)NC1CCC(NC(=O)OC(C)(C)C)CC1.I. The second-order valence-corrected chi connectivity index (χ2v) is 9.57. The number of hydrogen-bond donors (Lipinski definition) is 3. The number of amides is 1. The molecule has 2 rings (SSSR count). The molecule has 0 aromatic heterocycles. The summed E-state index contributed by atoms with van der Waals surface area (Å²) in [6.45, 7) is 10.8. The third-order valence-electron chi connectivity index (χ3n) is 5.89. The van der Waals surface area contributed by atoms with Gasteiger partial charge in [0.2, 0.25) is 0 Å². The summed E-state index contributed by atoms with van der Waals surface area (Å²) in [5, 5.41) is 10.1. The Morgan fingerprint density at radius 3 is 2.13 bits per heavy atom. The Morgan fingerprint density at radius 1 is 1.03 bits per heavy atom. The van der Waals surface area contributed by atoms with E-state index in [1.54, 1.807) is 7.11 Å². The van der Waals surface area contributed by atoms with E-state index < -0.39 is 5.60 Å². The summed E-state index contributed by atoms with van der Waals surface area (Å²) in [5.74, 6) is 1.58. The molecule has 9 heteroatoms. The first-order chi connectivity index (χ1) is 14.3. The van der Waals surface area contributed by atoms with Crippen LogP contribution in [0.25, 0.3) is 0 Å². The normalized spacial score (nSPS) is 23.6. The van der Waals surface area contributed by atoms with E-state index in [1.165, 1.54) is 12.8 Å². The number of aliphatic imine (C=N–C) groups is 1. The Bertz CT molecular complexity index is 540. The molecular formula is C22H44IN5O3. The molecular weight excluding hydrogens is 509 g/mol. The van der Waals surface area contributed by atoms with Crippen molar-refractivity contribution in [3.63, 3.8) is 0 Å². The second kappa shape index (κ2) is 14.4. The van der Waals surface area contributed by atoms with E-state index in [1.807, 2.05) is 27.8 Å². The molecule has 1 saturated carbocycles. The predicted octanol–water partition coefficient (Wildman–Crippen LogP) is 2.96. The van der Waals surface area contributed by atoms with Crippen LogP contribution in [0, 0.1) is 5.92 Å². The van der Waals surface area contributed by atoms with Gasteiger partial charge in [-0.15, -0.1) is 24.0 Å². The van der Waals surface area contributed by atoms with Gasteiger partial charge in [0.25, 0.3) is 0 Å². The number of piperidine rings is 1. The van der Waals surface area contributed by atoms with E-state index in [0.29, 0.717) is 12.0 Å². The van der Waals surface area contributed by atoms with Gasteiger partial charge >= 0.3 is 6.09 Å². The maximum Gasteiger partial charge on any atom is 0.407 e. The second-order valence-electron chi connectivity index (χ2n) is 9.57. The van der Waals surface area contributed by atoms with Crippen molar-refractivity contribution in [3.05, 3.63) is 0 Å². The Balaban J connectivity index is 0.00000480. The first kappa shape index (κ1) is 28.2. The Morgan fingerprint density at radius 2 is 1.61 bits per heavy atom. The lowest BCUT2D eigenvalue weighted by Crippen LogP contribution is -2.49. The van der Waals surface area contributed by atoms with Gasteiger partial charge in [-0.2, -0.15) is 0 Å². The number of alkyl carbamates (subject to hydrolysis) is 1. The standard InChI is InChI=1S/C22H43N5O3.HI/c1-22(2,3)30-21(28)26-19-8-6-18(7-9-19)25-20(23-4)24-16-17-10-12-27(13-11-17)14-15-29-5;/h17-19H,6-16H2,1-5H3,(H,26,28)(H2,23,24,25);1H. The summed E-state index contributed by atoms with van der Waals surface area (Å²) in [6, 6.07) is 0.583. The van der Waals surface area contributed by atoms with Crippen LogP contribution >= 0.6 is 24.0 Å². The molecule has 1 aliphatic heterocycles. The number of carbonyl (C=O) groups excluding carboxylic acids is 1. The summed E-state index contributed by atoms with van der Waals surface area (Å²) < 4.78 is 10.5. The van der Waals surface area contributed by atoms with Crippen LogP contribution < -0.4 is 16.0 Å². The molecule has 0 aromatic rings. The molecule has 0 aromatic carbocycles. The van der Waals surface area contributed by atoms with Gasteiger partial charge in [0, 0.05) is 39.3 Å². The van der Waals surface area contributed by atoms with Crippen LogP contribution in [0.2, 0.25) is 0 Å². The minimum Gasteiger partial charge on any atom is -0.444 e. The summed E-state index contributed by atoms with van der Waals surface area (Å²) >= 11 is 0. The van der Waals surface area contributed by atoms with Crippen molar-refractivity contribution in [2.45, 2.75) is 77.0 Å². The molecule has 1 amide bonds. The monoisotopic (exact) mass is 553 g/mol. The summed E-state index contributed by atoms with van der Waals surface area (Å²) in [7, 11) is 3.59. The van der Waals surface area contributed by atoms with Gasteiger partial charge in [0.15, 0.2) is 5.96 Å². The van der Waals surface area contributed by atoms with Crippen molar-refractivity contribution in [2.75, 3.05) is 46.9 Å². The van der Waals surface area contributed by atoms with E-state index in [-0.39, 0.29) is 36.1 Å². The number of nitrogens with one attached hydrogen (secondary N) is 3. The average molecular weight is 554 g/mol. The third-order valence-corrected chi connectivity index (χ3v) is 5.89. The van der Waals surface area contributed by atoms with Crippen LogP contribution in [0.3, 0.4) is 0 Å². The Labute approximate surface area is 205 Å². The number of methoxy groups -OCH3 is 1. The lowest BCUT2D eigenvalue weighted by molar-refractivity contribution is 0.0490. The van der Waals surface area contributed by atoms with Crippen LogP contribution in [-0.4, -0.2) is 81.6 Å². The Hall–Kier alpha value is -0.810. The first-order valence-corrected chi connectivity index (χ1v) is 11.5. The van der Waals surface area contributed by atoms with Crippen LogP contribution in [0.15, 0.2) is 4.99 Å². The summed E-state index contributed by atoms with van der Waals surface area (Å²) in [6.07, 6.45) is 6.05. The van der Waals surface area contributed by atoms with E-state index in [0.717, 1.165) is 64.4 Å². The molecule has 1 saturated heterocycles. The van der Waals surface area contributed by atoms with E-state index in [2.05, 4.69) is 25.8 Å². The number of hydrogen-bond acceptors (Lipinski definition) is 5. The molecule has 0 atom stereocenters. The summed E-state index contributed by atoms with van der Waals surface area (Å²) in [4.78, 5) is 18.8. The maximum absolute atomic E-state index is 12.0. The number of likely N-dealkylation sites (tertiary alicyclic amines) is 1. The van der Waals surface area contributed by atoms with Crippen molar-refractivity contribution in [3.8, 4) is 0 Å². The molecule has 8 nitrogen and oxygen atoms in total. The highest BCUT2D eigenvalue weighted by Gasteiger charge is 2.25. The van der Waals surface area contributed by atoms with Crippen LogP contribution in [-0.2, 0) is 9.47 Å². The van der Waals surface area contributed by atoms with Crippen molar-refractivity contribution >= 4 is 36.0 Å². The first-order valence-electron chi connectivity index (χ1n) is 11.5. The van der Waals surface area contributed by atoms with Crippen molar-refractivity contribution in [2.24, 2.45) is 10.9 Å². The van der Waals surface area contributed by atoms with Crippen molar-refractivity contribution in [1.29, 1.82) is 0 Å². The highest BCUT2D eigenvalue weighted by Crippen LogP contribution is 2.20. The predicted molar refractivity (Wildman–Crippen MR) is 136 cm³/mol. The lowest BCUT2D eigenvalue weighted by Gasteiger charge is -2.33. The van der Waals surface area contributed by atoms with Gasteiger partial charge < -0.3 is 30.3 Å². The fourth-order valence-corrected chi connectivity index (χ4v) is 4.12. The lowest BCUT2D eigenvalue weighted by atomic mass is 9.91. The van der Waals surface area contributed by atoms with Gasteiger partial charge in [-0.25, -0.2) is 4.79 Å². The van der Waals surface area contributed by atoms with E-state index in [9.17, 15) is 4.79 Å². The number of rotatable bonds is 7. The molecule has 2 aliphatic rings. The van der Waals surface area contributed by atoms with Gasteiger partial charge in [0.1, 0.15) is 5.60 Å². The highest BCUT2D eigenvalue weighted by atomic mass is 127. The third kappa shape index (κ3) is 11.6. The van der Waals surface area contributed by atoms with Gasteiger partial charge in [-0.3, -0.25) is 4.99 Å². The molecule has 182 valence electrons. The van der Waals surface area contributed by atoms with Crippen molar-refractivity contribution < 1.29 is 14.3 Å². The number of halogens is 1. The van der Waals surface area contributed by atoms with Gasteiger partial charge in [-0.1, -0.05) is 0 Å². The largest absolute Gasteiger partial charge is 0.444 e. The molecule has 2 fully saturated rings. The maximum atomic E-state index is 12.0. The van der Waals surface area contributed by atoms with Crippen LogP contribution in [0.1, 0.15) is 59.3 Å². The van der Waals surface area contributed by atoms with Crippen molar-refractivity contribution in [1.82, 2.24) is 20.9 Å². The fraction of sp³-hybridized carbons (Fsp3) is 0.909. The van der Waals surface area contributed by atoms with E-state index in [4.69, 9.17) is 9.47 Å². The zero-order valence-corrected chi connectivity index (χ0v) is 22.4. The topological polar surface area (TPSA) is 87.2 Å². The average Bonchev–Trinajstić information content (AvgIpc) is 2.70. The zero-order valence-electron chi connectivity index (χ0n) is 20.0. The summed E-state index contributed by atoms with van der Waals surface area (Å²) in [5.41, 5.74) is -0.457. The highest BCUT2D eigenvalue weighted by molar-refractivity contribution is 14.0. The minimum absolute atomic E-state index is 0. The van der Waals surface area contributed by atoms with Crippen LogP contribution in [0.5, 0.6) is 0 Å². The fourth-order valence-electron chi connectivity index (χ4n) is 4.12. The number of guanidine groups is 1. The molecule has 31 heavy (non-hydrogen) atoms. The van der Waals surface area contributed by atoms with Crippen LogP contribution in [0.4, 0.5) is 4.79 Å². The Kier molecular flexibility index (Phi) is 13.1. The molecule has 1 heterocycles. The molecule has 0 radical (unpaired) electrons. The quantitative estimate of drug-likeness (QED) is 0.256. The van der Waals surface area contributed by atoms with Gasteiger partial charge in [-0.05, 0) is 78.3 Å². The molecule has 1 aliphatic carbocycles. The minimum atomic E-state index is -0.457.